The van der Waals surface area contributed by atoms with Crippen molar-refractivity contribution in [1.82, 2.24) is 24.8 Å². The van der Waals surface area contributed by atoms with Crippen LogP contribution in [0.4, 0.5) is 0 Å². The Morgan fingerprint density at radius 3 is 3.05 bits per heavy atom. The zero-order valence-corrected chi connectivity index (χ0v) is 12.0. The van der Waals surface area contributed by atoms with Crippen molar-refractivity contribution in [3.05, 3.63) is 24.3 Å². The second-order valence-electron chi connectivity index (χ2n) is 5.73. The molecule has 0 unspecified atom stereocenters. The third-order valence-corrected chi connectivity index (χ3v) is 4.23. The van der Waals surface area contributed by atoms with E-state index in [9.17, 15) is 9.90 Å². The number of aliphatic hydroxyl groups is 1. The van der Waals surface area contributed by atoms with Crippen LogP contribution in [-0.4, -0.2) is 55.0 Å². The highest BCUT2D eigenvalue weighted by molar-refractivity contribution is 6.00. The van der Waals surface area contributed by atoms with Gasteiger partial charge in [0.2, 0.25) is 5.91 Å². The van der Waals surface area contributed by atoms with E-state index in [0.29, 0.717) is 31.8 Å². The molecule has 1 saturated heterocycles. The molecule has 1 amide bonds. The van der Waals surface area contributed by atoms with E-state index in [-0.39, 0.29) is 18.4 Å². The number of hydrogen-bond acceptors (Lipinski definition) is 4. The van der Waals surface area contributed by atoms with Crippen LogP contribution in [0.3, 0.4) is 0 Å². The molecule has 3 aromatic rings. The van der Waals surface area contributed by atoms with E-state index < -0.39 is 0 Å². The summed E-state index contributed by atoms with van der Waals surface area (Å²) in [5.41, 5.74) is 2.48. The molecule has 7 heteroatoms. The summed E-state index contributed by atoms with van der Waals surface area (Å²) in [6.45, 7) is 1.23. The molecule has 0 aromatic carbocycles. The highest BCUT2D eigenvalue weighted by Gasteiger charge is 2.22. The Kier molecular flexibility index (Phi) is 3.07. The minimum absolute atomic E-state index is 0.0456. The van der Waals surface area contributed by atoms with Gasteiger partial charge in [-0.05, 0) is 18.9 Å². The number of aromatic amines is 2. The molecular formula is C15H17N5O2. The summed E-state index contributed by atoms with van der Waals surface area (Å²) in [5, 5.41) is 10.5. The van der Waals surface area contributed by atoms with Gasteiger partial charge in [0.25, 0.3) is 0 Å². The van der Waals surface area contributed by atoms with Crippen molar-refractivity contribution in [2.24, 2.45) is 0 Å². The number of nitrogens with zero attached hydrogens (tertiary/aromatic N) is 3. The van der Waals surface area contributed by atoms with Crippen LogP contribution >= 0.6 is 0 Å². The van der Waals surface area contributed by atoms with Gasteiger partial charge in [-0.3, -0.25) is 4.79 Å². The summed E-state index contributed by atoms with van der Waals surface area (Å²) in [6.07, 6.45) is 4.82. The van der Waals surface area contributed by atoms with Gasteiger partial charge in [-0.15, -0.1) is 0 Å². The van der Waals surface area contributed by atoms with Gasteiger partial charge < -0.3 is 20.0 Å². The molecule has 1 aliphatic heterocycles. The number of hydrogen-bond donors (Lipinski definition) is 3. The maximum atomic E-state index is 12.3. The molecule has 0 spiro atoms. The van der Waals surface area contributed by atoms with Gasteiger partial charge in [0.05, 0.1) is 24.2 Å². The van der Waals surface area contributed by atoms with Crippen molar-refractivity contribution in [2.45, 2.75) is 25.4 Å². The lowest BCUT2D eigenvalue weighted by Gasteiger charge is -2.29. The van der Waals surface area contributed by atoms with E-state index in [1.54, 1.807) is 11.1 Å². The quantitative estimate of drug-likeness (QED) is 0.656. The summed E-state index contributed by atoms with van der Waals surface area (Å²) in [5.74, 6) is 0.700. The fourth-order valence-corrected chi connectivity index (χ4v) is 2.99. The van der Waals surface area contributed by atoms with E-state index in [4.69, 9.17) is 0 Å². The summed E-state index contributed by atoms with van der Waals surface area (Å²) >= 11 is 0. The average molecular weight is 299 g/mol. The number of amides is 1. The van der Waals surface area contributed by atoms with Crippen molar-refractivity contribution in [3.63, 3.8) is 0 Å². The number of fused-ring (bicyclic) bond motifs is 3. The number of likely N-dealkylation sites (tertiary alicyclic amines) is 1. The molecule has 0 aliphatic carbocycles. The van der Waals surface area contributed by atoms with Gasteiger partial charge in [0.1, 0.15) is 17.0 Å². The van der Waals surface area contributed by atoms with Crippen molar-refractivity contribution < 1.29 is 9.90 Å². The smallest absolute Gasteiger partial charge is 0.230 e. The zero-order valence-electron chi connectivity index (χ0n) is 12.0. The molecule has 1 fully saturated rings. The van der Waals surface area contributed by atoms with Gasteiger partial charge in [0.15, 0.2) is 0 Å². The van der Waals surface area contributed by atoms with E-state index in [0.717, 1.165) is 22.1 Å². The minimum Gasteiger partial charge on any atom is -0.393 e. The molecule has 3 aromatic heterocycles. The predicted molar refractivity (Wildman–Crippen MR) is 81.3 cm³/mol. The molecule has 22 heavy (non-hydrogen) atoms. The molecule has 3 N–H and O–H groups in total. The summed E-state index contributed by atoms with van der Waals surface area (Å²) in [4.78, 5) is 29.2. The molecule has 4 heterocycles. The van der Waals surface area contributed by atoms with Gasteiger partial charge in [-0.2, -0.15) is 0 Å². The molecule has 0 bridgehead atoms. The first kappa shape index (κ1) is 13.3. The Labute approximate surface area is 126 Å². The number of rotatable bonds is 2. The molecule has 7 nitrogen and oxygen atoms in total. The average Bonchev–Trinajstić information content (AvgIpc) is 3.12. The second kappa shape index (κ2) is 5.10. The van der Waals surface area contributed by atoms with E-state index >= 15 is 0 Å². The van der Waals surface area contributed by atoms with Crippen LogP contribution in [0, 0.1) is 0 Å². The topological polar surface area (TPSA) is 97.9 Å². The Morgan fingerprint density at radius 2 is 2.23 bits per heavy atom. The number of aromatic nitrogens is 4. The Morgan fingerprint density at radius 1 is 1.41 bits per heavy atom. The standard InChI is InChI=1S/C15H17N5O2/c21-9-2-5-20(6-3-9)13(22)7-12-18-11-8-17-15-10(1-4-16-15)14(11)19-12/h1,4,8-9,21H,2-3,5-7H2,(H,16,17)(H,18,19). The van der Waals surface area contributed by atoms with E-state index in [2.05, 4.69) is 19.9 Å². The first-order valence-corrected chi connectivity index (χ1v) is 7.47. The highest BCUT2D eigenvalue weighted by Crippen LogP contribution is 2.21. The lowest BCUT2D eigenvalue weighted by molar-refractivity contribution is -0.132. The Hall–Kier alpha value is -2.41. The van der Waals surface area contributed by atoms with E-state index in [1.807, 2.05) is 12.3 Å². The normalized spacial score (nSPS) is 16.7. The number of H-pyrrole nitrogens is 2. The number of carbonyl (C=O) groups is 1. The Bertz CT molecular complexity index is 829. The van der Waals surface area contributed by atoms with Crippen molar-refractivity contribution in [3.8, 4) is 0 Å². The maximum absolute atomic E-state index is 12.3. The van der Waals surface area contributed by atoms with Crippen LogP contribution in [-0.2, 0) is 11.2 Å². The molecule has 0 saturated carbocycles. The highest BCUT2D eigenvalue weighted by atomic mass is 16.3. The lowest BCUT2D eigenvalue weighted by Crippen LogP contribution is -2.40. The molecule has 1 aliphatic rings. The van der Waals surface area contributed by atoms with Crippen molar-refractivity contribution in [1.29, 1.82) is 0 Å². The molecular weight excluding hydrogens is 282 g/mol. The minimum atomic E-state index is -0.275. The fraction of sp³-hybridized carbons (Fsp3) is 0.400. The Balaban J connectivity index is 1.57. The number of carbonyl (C=O) groups excluding carboxylic acids is 1. The van der Waals surface area contributed by atoms with Crippen LogP contribution in [0.5, 0.6) is 0 Å². The second-order valence-corrected chi connectivity index (χ2v) is 5.73. The molecule has 0 radical (unpaired) electrons. The summed E-state index contributed by atoms with van der Waals surface area (Å²) < 4.78 is 0. The van der Waals surface area contributed by atoms with Gasteiger partial charge in [0, 0.05) is 24.7 Å². The van der Waals surface area contributed by atoms with Crippen LogP contribution in [0.15, 0.2) is 18.5 Å². The number of nitrogens with one attached hydrogen (secondary N) is 2. The number of piperidine rings is 1. The van der Waals surface area contributed by atoms with Crippen molar-refractivity contribution >= 4 is 28.0 Å². The lowest BCUT2D eigenvalue weighted by atomic mass is 10.1. The first-order valence-electron chi connectivity index (χ1n) is 7.47. The monoisotopic (exact) mass is 299 g/mol. The van der Waals surface area contributed by atoms with Gasteiger partial charge in [-0.1, -0.05) is 0 Å². The number of imidazole rings is 1. The van der Waals surface area contributed by atoms with Gasteiger partial charge in [-0.25, -0.2) is 9.97 Å². The number of pyridine rings is 1. The fourth-order valence-electron chi connectivity index (χ4n) is 2.99. The predicted octanol–water partition coefficient (Wildman–Crippen LogP) is 0.965. The third-order valence-electron chi connectivity index (χ3n) is 4.23. The molecule has 4 rings (SSSR count). The van der Waals surface area contributed by atoms with Crippen LogP contribution in [0.25, 0.3) is 22.1 Å². The van der Waals surface area contributed by atoms with Crippen LogP contribution in [0.1, 0.15) is 18.7 Å². The number of aliphatic hydroxyl groups excluding tert-OH is 1. The van der Waals surface area contributed by atoms with Crippen LogP contribution < -0.4 is 0 Å². The SMILES string of the molecule is O=C(Cc1nc2cnc3[nH]ccc3c2[nH]1)N1CCC(O)CC1. The summed E-state index contributed by atoms with van der Waals surface area (Å²) in [6, 6.07) is 1.94. The van der Waals surface area contributed by atoms with Crippen LogP contribution in [0.2, 0.25) is 0 Å². The van der Waals surface area contributed by atoms with Crippen molar-refractivity contribution in [2.75, 3.05) is 13.1 Å². The maximum Gasteiger partial charge on any atom is 0.230 e. The third kappa shape index (κ3) is 2.23. The largest absolute Gasteiger partial charge is 0.393 e. The molecule has 114 valence electrons. The van der Waals surface area contributed by atoms with E-state index in [1.165, 1.54) is 0 Å². The molecule has 0 atom stereocenters. The summed E-state index contributed by atoms with van der Waals surface area (Å²) in [7, 11) is 0. The van der Waals surface area contributed by atoms with Gasteiger partial charge >= 0.3 is 0 Å². The zero-order chi connectivity index (χ0) is 15.1. The first-order chi connectivity index (χ1) is 10.7.